The first-order chi connectivity index (χ1) is 7.13. The van der Waals surface area contributed by atoms with Crippen LogP contribution in [0.4, 0.5) is 6.01 Å². The van der Waals surface area contributed by atoms with E-state index in [0.717, 1.165) is 6.42 Å². The first kappa shape index (κ1) is 12.3. The third-order valence-electron chi connectivity index (χ3n) is 1.91. The minimum Gasteiger partial charge on any atom is -0.406 e. The second-order valence-corrected chi connectivity index (χ2v) is 4.04. The molecule has 1 rings (SSSR count). The number of nitrogens with one attached hydrogen (secondary N) is 1. The van der Waals surface area contributed by atoms with Crippen LogP contribution in [0.3, 0.4) is 0 Å². The van der Waals surface area contributed by atoms with Crippen LogP contribution in [0, 0.1) is 0 Å². The predicted molar refractivity (Wildman–Crippen MR) is 58.1 cm³/mol. The molecule has 15 heavy (non-hydrogen) atoms. The quantitative estimate of drug-likeness (QED) is 0.764. The second-order valence-electron chi connectivity index (χ2n) is 3.39. The lowest BCUT2D eigenvalue weighted by molar-refractivity contribution is 0.191. The van der Waals surface area contributed by atoms with Crippen LogP contribution in [0.1, 0.15) is 31.5 Å². The van der Waals surface area contributed by atoms with Crippen molar-refractivity contribution >= 4 is 17.6 Å². The van der Waals surface area contributed by atoms with Crippen molar-refractivity contribution in [1.82, 2.24) is 10.2 Å². The van der Waals surface area contributed by atoms with E-state index in [9.17, 15) is 0 Å². The largest absolute Gasteiger partial charge is 0.406 e. The molecule has 1 heterocycles. The molecular formula is C9H16ClN3O2. The summed E-state index contributed by atoms with van der Waals surface area (Å²) >= 11 is 5.79. The highest BCUT2D eigenvalue weighted by molar-refractivity contribution is 6.20. The maximum Gasteiger partial charge on any atom is 0.315 e. The summed E-state index contributed by atoms with van der Waals surface area (Å²) in [5, 5.41) is 10.5. The molecule has 2 unspecified atom stereocenters. The van der Waals surface area contributed by atoms with Crippen LogP contribution < -0.4 is 5.32 Å². The molecule has 6 heteroatoms. The molecule has 1 aromatic heterocycles. The third kappa shape index (κ3) is 4.05. The van der Waals surface area contributed by atoms with E-state index in [1.54, 1.807) is 14.0 Å². The van der Waals surface area contributed by atoms with E-state index < -0.39 is 0 Å². The summed E-state index contributed by atoms with van der Waals surface area (Å²) in [7, 11) is 1.67. The van der Waals surface area contributed by atoms with Crippen molar-refractivity contribution in [2.45, 2.75) is 31.7 Å². The maximum absolute atomic E-state index is 5.79. The Morgan fingerprint density at radius 3 is 2.73 bits per heavy atom. The Balaban J connectivity index is 2.42. The van der Waals surface area contributed by atoms with Crippen LogP contribution in [0.25, 0.3) is 0 Å². The lowest BCUT2D eigenvalue weighted by Gasteiger charge is -2.10. The molecular weight excluding hydrogens is 218 g/mol. The van der Waals surface area contributed by atoms with Crippen molar-refractivity contribution in [3.8, 4) is 0 Å². The normalized spacial score (nSPS) is 14.9. The lowest BCUT2D eigenvalue weighted by atomic mass is 10.2. The van der Waals surface area contributed by atoms with Crippen molar-refractivity contribution in [3.05, 3.63) is 5.89 Å². The van der Waals surface area contributed by atoms with Crippen molar-refractivity contribution < 1.29 is 9.15 Å². The molecule has 1 N–H and O–H groups in total. The first-order valence-corrected chi connectivity index (χ1v) is 5.30. The van der Waals surface area contributed by atoms with Gasteiger partial charge in [-0.05, 0) is 20.3 Å². The van der Waals surface area contributed by atoms with Crippen LogP contribution in [0.5, 0.6) is 0 Å². The van der Waals surface area contributed by atoms with E-state index in [1.807, 2.05) is 6.92 Å². The summed E-state index contributed by atoms with van der Waals surface area (Å²) in [4.78, 5) is 0. The molecule has 0 spiro atoms. The van der Waals surface area contributed by atoms with E-state index in [-0.39, 0.29) is 11.4 Å². The van der Waals surface area contributed by atoms with Gasteiger partial charge in [0.25, 0.3) is 0 Å². The fraction of sp³-hybridized carbons (Fsp3) is 0.778. The number of halogens is 1. The number of hydrogen-bond acceptors (Lipinski definition) is 5. The fourth-order valence-electron chi connectivity index (χ4n) is 1.03. The Labute approximate surface area is 94.2 Å². The van der Waals surface area contributed by atoms with E-state index >= 15 is 0 Å². The van der Waals surface area contributed by atoms with Gasteiger partial charge < -0.3 is 14.5 Å². The molecule has 1 aromatic rings. The minimum atomic E-state index is -0.262. The lowest BCUT2D eigenvalue weighted by Crippen LogP contribution is -2.17. The molecule has 0 saturated heterocycles. The number of ether oxygens (including phenoxy) is 1. The molecule has 0 aliphatic rings. The summed E-state index contributed by atoms with van der Waals surface area (Å²) in [5.74, 6) is 0.429. The van der Waals surface area contributed by atoms with Crippen molar-refractivity contribution in [2.24, 2.45) is 0 Å². The molecule has 0 radical (unpaired) electrons. The van der Waals surface area contributed by atoms with Gasteiger partial charge in [0, 0.05) is 19.8 Å². The van der Waals surface area contributed by atoms with Gasteiger partial charge in [-0.3, -0.25) is 0 Å². The highest BCUT2D eigenvalue weighted by Crippen LogP contribution is 2.19. The number of aromatic nitrogens is 2. The van der Waals surface area contributed by atoms with Crippen LogP contribution in [-0.2, 0) is 4.74 Å². The van der Waals surface area contributed by atoms with Gasteiger partial charge in [0.1, 0.15) is 5.38 Å². The number of hydrogen-bond donors (Lipinski definition) is 1. The number of alkyl halides is 1. The van der Waals surface area contributed by atoms with E-state index in [0.29, 0.717) is 18.5 Å². The Hall–Kier alpha value is -0.810. The van der Waals surface area contributed by atoms with Gasteiger partial charge >= 0.3 is 6.01 Å². The van der Waals surface area contributed by atoms with E-state index in [2.05, 4.69) is 15.5 Å². The van der Waals surface area contributed by atoms with Gasteiger partial charge in [0.15, 0.2) is 0 Å². The fourth-order valence-corrected chi connectivity index (χ4v) is 1.12. The van der Waals surface area contributed by atoms with Gasteiger partial charge in [-0.1, -0.05) is 5.10 Å². The molecule has 0 fully saturated rings. The monoisotopic (exact) mass is 233 g/mol. The van der Waals surface area contributed by atoms with Gasteiger partial charge in [-0.15, -0.1) is 16.7 Å². The van der Waals surface area contributed by atoms with Gasteiger partial charge in [0.2, 0.25) is 5.89 Å². The Kier molecular flexibility index (Phi) is 4.84. The summed E-state index contributed by atoms with van der Waals surface area (Å²) in [5.41, 5.74) is 0. The summed E-state index contributed by atoms with van der Waals surface area (Å²) < 4.78 is 10.3. The Morgan fingerprint density at radius 1 is 1.47 bits per heavy atom. The van der Waals surface area contributed by atoms with E-state index in [4.69, 9.17) is 20.8 Å². The molecule has 86 valence electrons. The topological polar surface area (TPSA) is 60.2 Å². The van der Waals surface area contributed by atoms with Gasteiger partial charge in [0.05, 0.1) is 0 Å². The highest BCUT2D eigenvalue weighted by Gasteiger charge is 2.12. The summed E-state index contributed by atoms with van der Waals surface area (Å²) in [6.07, 6.45) is 0.880. The highest BCUT2D eigenvalue weighted by atomic mass is 35.5. The number of rotatable bonds is 6. The zero-order valence-electron chi connectivity index (χ0n) is 9.16. The maximum atomic E-state index is 5.79. The average Bonchev–Trinajstić information content (AvgIpc) is 2.63. The Bertz CT molecular complexity index is 291. The standard InChI is InChI=1S/C9H16ClN3O2/c1-6(4-5-14-3)11-9-13-12-8(15-9)7(2)10/h6-7H,4-5H2,1-3H3,(H,11,13). The third-order valence-corrected chi connectivity index (χ3v) is 2.09. The second kappa shape index (κ2) is 5.92. The summed E-state index contributed by atoms with van der Waals surface area (Å²) in [6, 6.07) is 0.630. The Morgan fingerprint density at radius 2 is 2.20 bits per heavy atom. The van der Waals surface area contributed by atoms with Crippen LogP contribution in [-0.4, -0.2) is 30.0 Å². The average molecular weight is 234 g/mol. The number of anilines is 1. The first-order valence-electron chi connectivity index (χ1n) is 4.86. The molecule has 0 aliphatic heterocycles. The van der Waals surface area contributed by atoms with Crippen LogP contribution >= 0.6 is 11.6 Å². The van der Waals surface area contributed by atoms with Crippen LogP contribution in [0.2, 0.25) is 0 Å². The van der Waals surface area contributed by atoms with E-state index in [1.165, 1.54) is 0 Å². The molecule has 5 nitrogen and oxygen atoms in total. The van der Waals surface area contributed by atoms with Crippen molar-refractivity contribution in [1.29, 1.82) is 0 Å². The van der Waals surface area contributed by atoms with Gasteiger partial charge in [-0.25, -0.2) is 0 Å². The molecule has 2 atom stereocenters. The predicted octanol–water partition coefficient (Wildman–Crippen LogP) is 2.21. The number of nitrogens with zero attached hydrogens (tertiary/aromatic N) is 2. The zero-order valence-corrected chi connectivity index (χ0v) is 9.91. The molecule has 0 amide bonds. The van der Waals surface area contributed by atoms with Gasteiger partial charge in [-0.2, -0.15) is 0 Å². The molecule has 0 saturated carbocycles. The minimum absolute atomic E-state index is 0.226. The summed E-state index contributed by atoms with van der Waals surface area (Å²) in [6.45, 7) is 4.50. The number of methoxy groups -OCH3 is 1. The molecule has 0 aliphatic carbocycles. The smallest absolute Gasteiger partial charge is 0.315 e. The SMILES string of the molecule is COCCC(C)Nc1nnc(C(C)Cl)o1. The van der Waals surface area contributed by atoms with Crippen LogP contribution in [0.15, 0.2) is 4.42 Å². The zero-order chi connectivity index (χ0) is 11.3. The van der Waals surface area contributed by atoms with Crippen molar-refractivity contribution in [3.63, 3.8) is 0 Å². The molecule has 0 aromatic carbocycles. The van der Waals surface area contributed by atoms with Crippen molar-refractivity contribution in [2.75, 3.05) is 19.0 Å². The molecule has 0 bridgehead atoms.